The first-order chi connectivity index (χ1) is 8.86. The first-order valence-corrected chi connectivity index (χ1v) is 5.62. The van der Waals surface area contributed by atoms with E-state index in [-0.39, 0.29) is 0 Å². The molecule has 4 heteroatoms. The van der Waals surface area contributed by atoms with Crippen molar-refractivity contribution in [1.82, 2.24) is 14.5 Å². The van der Waals surface area contributed by atoms with Gasteiger partial charge in [-0.2, -0.15) is 5.26 Å². The predicted octanol–water partition coefficient (Wildman–Crippen LogP) is 2.35. The molecule has 0 amide bonds. The second-order valence-electron chi connectivity index (χ2n) is 3.99. The van der Waals surface area contributed by atoms with Crippen molar-refractivity contribution in [3.63, 3.8) is 0 Å². The van der Waals surface area contributed by atoms with Crippen LogP contribution in [0.5, 0.6) is 0 Å². The Labute approximate surface area is 104 Å². The van der Waals surface area contributed by atoms with Crippen LogP contribution in [-0.4, -0.2) is 14.5 Å². The van der Waals surface area contributed by atoms with Gasteiger partial charge in [0, 0.05) is 29.5 Å². The number of fused-ring (bicyclic) bond motifs is 1. The average Bonchev–Trinajstić information content (AvgIpc) is 2.82. The van der Waals surface area contributed by atoms with E-state index in [1.165, 1.54) is 0 Å². The highest BCUT2D eigenvalue weighted by Crippen LogP contribution is 2.17. The molecular weight excluding hydrogens is 224 g/mol. The van der Waals surface area contributed by atoms with Crippen LogP contribution in [0.3, 0.4) is 0 Å². The molecule has 0 atom stereocenters. The fraction of sp³-hybridized carbons (Fsp3) is 0.0714. The van der Waals surface area contributed by atoms with E-state index >= 15 is 0 Å². The summed E-state index contributed by atoms with van der Waals surface area (Å²) in [5.41, 5.74) is 1.76. The second-order valence-corrected chi connectivity index (χ2v) is 3.99. The number of benzene rings is 1. The fourth-order valence-corrected chi connectivity index (χ4v) is 1.97. The first kappa shape index (κ1) is 10.5. The number of aromatic nitrogens is 3. The number of rotatable bonds is 2. The third-order valence-electron chi connectivity index (χ3n) is 2.83. The quantitative estimate of drug-likeness (QED) is 0.684. The molecule has 0 aliphatic rings. The summed E-state index contributed by atoms with van der Waals surface area (Å²) in [5, 5.41) is 9.92. The van der Waals surface area contributed by atoms with Crippen molar-refractivity contribution >= 4 is 10.9 Å². The Bertz CT molecular complexity index is 722. The lowest BCUT2D eigenvalue weighted by atomic mass is 10.2. The average molecular weight is 234 g/mol. The minimum atomic E-state index is 0.635. The molecule has 0 radical (unpaired) electrons. The first-order valence-electron chi connectivity index (χ1n) is 5.62. The van der Waals surface area contributed by atoms with E-state index in [1.54, 1.807) is 18.5 Å². The second kappa shape index (κ2) is 4.30. The molecule has 0 spiro atoms. The normalized spacial score (nSPS) is 10.4. The van der Waals surface area contributed by atoms with Gasteiger partial charge < -0.3 is 4.57 Å². The Morgan fingerprint density at radius 1 is 1.17 bits per heavy atom. The van der Waals surface area contributed by atoms with Crippen molar-refractivity contribution in [3.05, 3.63) is 60.3 Å². The Hall–Kier alpha value is -2.67. The maximum atomic E-state index is 8.86. The number of nitrogens with zero attached hydrogens (tertiary/aromatic N) is 4. The number of nitriles is 1. The number of hydrogen-bond donors (Lipinski definition) is 0. The molecule has 86 valence electrons. The monoisotopic (exact) mass is 234 g/mol. The van der Waals surface area contributed by atoms with Crippen molar-refractivity contribution in [3.8, 4) is 6.07 Å². The molecule has 0 N–H and O–H groups in total. The Balaban J connectivity index is 2.01. The summed E-state index contributed by atoms with van der Waals surface area (Å²) in [4.78, 5) is 8.42. The molecule has 0 fully saturated rings. The zero-order valence-corrected chi connectivity index (χ0v) is 9.61. The van der Waals surface area contributed by atoms with Crippen LogP contribution in [0.15, 0.2) is 48.9 Å². The van der Waals surface area contributed by atoms with Crippen LogP contribution in [0.2, 0.25) is 0 Å². The van der Waals surface area contributed by atoms with Crippen LogP contribution >= 0.6 is 0 Å². The fourth-order valence-electron chi connectivity index (χ4n) is 1.97. The summed E-state index contributed by atoms with van der Waals surface area (Å²) >= 11 is 0. The molecule has 2 aromatic heterocycles. The zero-order valence-electron chi connectivity index (χ0n) is 9.61. The molecule has 0 bridgehead atoms. The van der Waals surface area contributed by atoms with Gasteiger partial charge in [-0.1, -0.05) is 0 Å². The standard InChI is InChI=1S/C14H10N4/c15-9-11-2-3-13-12(8-11)4-7-18(13)10-14-16-5-1-6-17-14/h1-8H,10H2. The van der Waals surface area contributed by atoms with Crippen LogP contribution in [0.4, 0.5) is 0 Å². The third kappa shape index (κ3) is 1.82. The van der Waals surface area contributed by atoms with Crippen LogP contribution in [0, 0.1) is 11.3 Å². The Morgan fingerprint density at radius 3 is 2.78 bits per heavy atom. The predicted molar refractivity (Wildman–Crippen MR) is 67.8 cm³/mol. The Morgan fingerprint density at radius 2 is 2.00 bits per heavy atom. The van der Waals surface area contributed by atoms with Gasteiger partial charge in [0.2, 0.25) is 0 Å². The van der Waals surface area contributed by atoms with Crippen molar-refractivity contribution < 1.29 is 0 Å². The van der Waals surface area contributed by atoms with Crippen molar-refractivity contribution in [2.45, 2.75) is 6.54 Å². The van der Waals surface area contributed by atoms with Gasteiger partial charge in [-0.3, -0.25) is 0 Å². The SMILES string of the molecule is N#Cc1ccc2c(ccn2Cc2ncccn2)c1. The van der Waals surface area contributed by atoms with Crippen molar-refractivity contribution in [2.24, 2.45) is 0 Å². The molecule has 0 aliphatic heterocycles. The lowest BCUT2D eigenvalue weighted by molar-refractivity contribution is 0.771. The van der Waals surface area contributed by atoms with E-state index in [0.717, 1.165) is 16.7 Å². The van der Waals surface area contributed by atoms with Gasteiger partial charge in [0.05, 0.1) is 18.2 Å². The third-order valence-corrected chi connectivity index (χ3v) is 2.83. The van der Waals surface area contributed by atoms with Crippen LogP contribution in [0.1, 0.15) is 11.4 Å². The highest BCUT2D eigenvalue weighted by Gasteiger charge is 2.03. The number of hydrogen-bond acceptors (Lipinski definition) is 3. The van der Waals surface area contributed by atoms with E-state index in [1.807, 2.05) is 30.5 Å². The van der Waals surface area contributed by atoms with E-state index in [4.69, 9.17) is 5.26 Å². The lowest BCUT2D eigenvalue weighted by Crippen LogP contribution is -2.02. The molecule has 0 unspecified atom stereocenters. The molecule has 3 aromatic rings. The van der Waals surface area contributed by atoms with E-state index in [0.29, 0.717) is 12.1 Å². The summed E-state index contributed by atoms with van der Waals surface area (Å²) in [5.74, 6) is 0.777. The topological polar surface area (TPSA) is 54.5 Å². The molecule has 3 rings (SSSR count). The zero-order chi connectivity index (χ0) is 12.4. The molecule has 0 saturated heterocycles. The minimum absolute atomic E-state index is 0.635. The van der Waals surface area contributed by atoms with Gasteiger partial charge in [-0.15, -0.1) is 0 Å². The summed E-state index contributed by atoms with van der Waals surface area (Å²) < 4.78 is 2.08. The van der Waals surface area contributed by atoms with E-state index in [2.05, 4.69) is 20.6 Å². The molecule has 2 heterocycles. The van der Waals surface area contributed by atoms with Gasteiger partial charge in [-0.25, -0.2) is 9.97 Å². The smallest absolute Gasteiger partial charge is 0.147 e. The molecule has 1 aromatic carbocycles. The maximum Gasteiger partial charge on any atom is 0.147 e. The highest BCUT2D eigenvalue weighted by atomic mass is 15.0. The summed E-state index contributed by atoms with van der Waals surface area (Å²) in [6.07, 6.45) is 5.46. The lowest BCUT2D eigenvalue weighted by Gasteiger charge is -2.03. The highest BCUT2D eigenvalue weighted by molar-refractivity contribution is 5.81. The molecule has 0 aliphatic carbocycles. The maximum absolute atomic E-state index is 8.86. The summed E-state index contributed by atoms with van der Waals surface area (Å²) in [6, 6.07) is 11.6. The van der Waals surface area contributed by atoms with Crippen LogP contribution < -0.4 is 0 Å². The van der Waals surface area contributed by atoms with Crippen LogP contribution in [0.25, 0.3) is 10.9 Å². The molecular formula is C14H10N4. The van der Waals surface area contributed by atoms with E-state index < -0.39 is 0 Å². The summed E-state index contributed by atoms with van der Waals surface area (Å²) in [7, 11) is 0. The van der Waals surface area contributed by atoms with Gasteiger partial charge in [0.25, 0.3) is 0 Å². The van der Waals surface area contributed by atoms with Gasteiger partial charge in [0.1, 0.15) is 5.82 Å². The van der Waals surface area contributed by atoms with Crippen molar-refractivity contribution in [1.29, 1.82) is 5.26 Å². The van der Waals surface area contributed by atoms with E-state index in [9.17, 15) is 0 Å². The molecule has 0 saturated carbocycles. The Kier molecular flexibility index (Phi) is 2.50. The largest absolute Gasteiger partial charge is 0.340 e. The van der Waals surface area contributed by atoms with Gasteiger partial charge in [-0.05, 0) is 30.3 Å². The van der Waals surface area contributed by atoms with Gasteiger partial charge in [0.15, 0.2) is 0 Å². The minimum Gasteiger partial charge on any atom is -0.340 e. The summed E-state index contributed by atoms with van der Waals surface area (Å²) in [6.45, 7) is 0.635. The van der Waals surface area contributed by atoms with Crippen molar-refractivity contribution in [2.75, 3.05) is 0 Å². The van der Waals surface area contributed by atoms with Gasteiger partial charge >= 0.3 is 0 Å². The van der Waals surface area contributed by atoms with Crippen LogP contribution in [-0.2, 0) is 6.54 Å². The molecule has 18 heavy (non-hydrogen) atoms. The molecule has 4 nitrogen and oxygen atoms in total.